The highest BCUT2D eigenvalue weighted by Crippen LogP contribution is 2.39. The van der Waals surface area contributed by atoms with Crippen LogP contribution in [-0.4, -0.2) is 75.1 Å². The predicted octanol–water partition coefficient (Wildman–Crippen LogP) is 0.553. The number of nitrogens with one attached hydrogen (secondary N) is 2. The smallest absolute Gasteiger partial charge is 0.337 e. The molecule has 3 unspecified atom stereocenters. The molecule has 0 aromatic carbocycles. The fourth-order valence-electron chi connectivity index (χ4n) is 3.61. The maximum Gasteiger partial charge on any atom is 0.337 e. The number of hydrogen-bond donors (Lipinski definition) is 2. The number of nitrogens with zero attached hydrogens (tertiary/aromatic N) is 3. The van der Waals surface area contributed by atoms with Crippen LogP contribution in [0.4, 0.5) is 4.79 Å². The number of rotatable bonds is 6. The van der Waals surface area contributed by atoms with Gasteiger partial charge in [-0.15, -0.1) is 11.8 Å². The molecule has 2 N–H and O–H groups in total. The molecule has 3 aliphatic heterocycles. The number of urea groups is 1. The van der Waals surface area contributed by atoms with Crippen LogP contribution in [-0.2, 0) is 9.59 Å². The van der Waals surface area contributed by atoms with Gasteiger partial charge in [0, 0.05) is 12.6 Å². The van der Waals surface area contributed by atoms with Crippen LogP contribution in [0.1, 0.15) is 40.0 Å². The first kappa shape index (κ1) is 18.3. The van der Waals surface area contributed by atoms with Crippen molar-refractivity contribution in [1.82, 2.24) is 25.6 Å². The number of carbonyl (C=O) groups is 3. The highest BCUT2D eigenvalue weighted by atomic mass is 32.2. The molecule has 3 heterocycles. The van der Waals surface area contributed by atoms with Crippen LogP contribution < -0.4 is 10.7 Å². The molecule has 0 saturated carbocycles. The van der Waals surface area contributed by atoms with Crippen LogP contribution in [0.25, 0.3) is 0 Å². The van der Waals surface area contributed by atoms with Crippen molar-refractivity contribution in [3.63, 3.8) is 0 Å². The van der Waals surface area contributed by atoms with Crippen LogP contribution >= 0.6 is 11.8 Å². The summed E-state index contributed by atoms with van der Waals surface area (Å²) in [5, 5.41) is 3.97. The van der Waals surface area contributed by atoms with E-state index in [1.807, 2.05) is 13.8 Å². The minimum atomic E-state index is -0.474. The SMILES string of the molecule is CCCCN1C(=O)C2SCCC2N2C(=O)N(CC(=O)NC(C)C)NC12. The Morgan fingerprint density at radius 3 is 2.84 bits per heavy atom. The van der Waals surface area contributed by atoms with E-state index < -0.39 is 6.29 Å². The van der Waals surface area contributed by atoms with E-state index in [1.165, 1.54) is 5.01 Å². The summed E-state index contributed by atoms with van der Waals surface area (Å²) in [6.45, 7) is 6.41. The molecule has 140 valence electrons. The van der Waals surface area contributed by atoms with E-state index in [1.54, 1.807) is 21.6 Å². The van der Waals surface area contributed by atoms with Gasteiger partial charge in [-0.1, -0.05) is 13.3 Å². The molecule has 8 nitrogen and oxygen atoms in total. The predicted molar refractivity (Wildman–Crippen MR) is 95.4 cm³/mol. The molecule has 0 bridgehead atoms. The van der Waals surface area contributed by atoms with Crippen LogP contribution in [0, 0.1) is 0 Å². The summed E-state index contributed by atoms with van der Waals surface area (Å²) in [5.74, 6) is 0.781. The monoisotopic (exact) mass is 369 g/mol. The first-order valence-corrected chi connectivity index (χ1v) is 10.1. The van der Waals surface area contributed by atoms with E-state index in [2.05, 4.69) is 17.7 Å². The van der Waals surface area contributed by atoms with Gasteiger partial charge in [0.25, 0.3) is 0 Å². The minimum Gasteiger partial charge on any atom is -0.352 e. The van der Waals surface area contributed by atoms with Gasteiger partial charge in [0.2, 0.25) is 11.8 Å². The molecule has 0 aliphatic carbocycles. The lowest BCUT2D eigenvalue weighted by molar-refractivity contribution is -0.144. The van der Waals surface area contributed by atoms with Crippen molar-refractivity contribution < 1.29 is 14.4 Å². The minimum absolute atomic E-state index is 0.0195. The molecule has 3 saturated heterocycles. The average Bonchev–Trinajstić information content (AvgIpc) is 3.12. The van der Waals surface area contributed by atoms with Crippen LogP contribution in [0.5, 0.6) is 0 Å². The summed E-state index contributed by atoms with van der Waals surface area (Å²) in [7, 11) is 0. The van der Waals surface area contributed by atoms with E-state index in [4.69, 9.17) is 0 Å². The van der Waals surface area contributed by atoms with Gasteiger partial charge < -0.3 is 10.2 Å². The quantitative estimate of drug-likeness (QED) is 0.714. The summed E-state index contributed by atoms with van der Waals surface area (Å²) in [4.78, 5) is 41.3. The first-order valence-electron chi connectivity index (χ1n) is 9.01. The standard InChI is InChI=1S/C16H27N5O3S/c1-4-5-7-19-14(23)13-11(6-8-25-13)21-15(19)18-20(16(21)24)9-12(22)17-10(2)3/h10-11,13,15,18H,4-9H2,1-3H3,(H,17,22). The lowest BCUT2D eigenvalue weighted by Crippen LogP contribution is -2.66. The third-order valence-corrected chi connectivity index (χ3v) is 6.08. The van der Waals surface area contributed by atoms with Gasteiger partial charge in [0.1, 0.15) is 11.8 Å². The second-order valence-corrected chi connectivity index (χ2v) is 8.28. The number of fused-ring (bicyclic) bond motifs is 3. The topological polar surface area (TPSA) is 85.0 Å². The highest BCUT2D eigenvalue weighted by Gasteiger charge is 2.55. The van der Waals surface area contributed by atoms with Crippen molar-refractivity contribution in [2.75, 3.05) is 18.8 Å². The molecule has 0 spiro atoms. The van der Waals surface area contributed by atoms with Crippen molar-refractivity contribution in [3.8, 4) is 0 Å². The lowest BCUT2D eigenvalue weighted by Gasteiger charge is -2.44. The third-order valence-electron chi connectivity index (χ3n) is 4.73. The van der Waals surface area contributed by atoms with E-state index in [9.17, 15) is 14.4 Å². The molecule has 25 heavy (non-hydrogen) atoms. The molecule has 3 atom stereocenters. The maximum absolute atomic E-state index is 12.9. The summed E-state index contributed by atoms with van der Waals surface area (Å²) < 4.78 is 0. The van der Waals surface area contributed by atoms with Gasteiger partial charge in [0.05, 0.1) is 6.04 Å². The summed E-state index contributed by atoms with van der Waals surface area (Å²) in [6.07, 6.45) is 2.21. The van der Waals surface area contributed by atoms with Crippen LogP contribution in [0.3, 0.4) is 0 Å². The normalized spacial score (nSPS) is 28.6. The van der Waals surface area contributed by atoms with Gasteiger partial charge in [-0.3, -0.25) is 14.5 Å². The number of hydrogen-bond acceptors (Lipinski definition) is 5. The van der Waals surface area contributed by atoms with E-state index >= 15 is 0 Å². The molecule has 0 aromatic rings. The van der Waals surface area contributed by atoms with Crippen molar-refractivity contribution in [2.24, 2.45) is 0 Å². The Labute approximate surface area is 152 Å². The number of hydrazine groups is 1. The zero-order valence-corrected chi connectivity index (χ0v) is 15.8. The van der Waals surface area contributed by atoms with Crippen LogP contribution in [0.15, 0.2) is 0 Å². The van der Waals surface area contributed by atoms with Gasteiger partial charge in [-0.25, -0.2) is 9.80 Å². The third kappa shape index (κ3) is 3.44. The highest BCUT2D eigenvalue weighted by molar-refractivity contribution is 8.00. The van der Waals surface area contributed by atoms with Gasteiger partial charge in [-0.05, 0) is 32.4 Å². The number of thioether (sulfide) groups is 1. The zero-order valence-electron chi connectivity index (χ0n) is 15.0. The Hall–Kier alpha value is -1.48. The van der Waals surface area contributed by atoms with Gasteiger partial charge in [-0.2, -0.15) is 5.43 Å². The Morgan fingerprint density at radius 1 is 1.40 bits per heavy atom. The molecular formula is C16H27N5O3S. The van der Waals surface area contributed by atoms with Crippen molar-refractivity contribution in [2.45, 2.75) is 63.7 Å². The Balaban J connectivity index is 1.78. The number of amides is 4. The fourth-order valence-corrected chi connectivity index (χ4v) is 5.01. The van der Waals surface area contributed by atoms with Gasteiger partial charge in [0.15, 0.2) is 6.29 Å². The Morgan fingerprint density at radius 2 is 2.16 bits per heavy atom. The molecule has 3 fully saturated rings. The molecule has 0 aromatic heterocycles. The molecule has 9 heteroatoms. The van der Waals surface area contributed by atoms with E-state index in [0.717, 1.165) is 25.0 Å². The molecule has 0 radical (unpaired) electrons. The fraction of sp³-hybridized carbons (Fsp3) is 0.812. The van der Waals surface area contributed by atoms with Crippen molar-refractivity contribution in [1.29, 1.82) is 0 Å². The van der Waals surface area contributed by atoms with E-state index in [-0.39, 0.29) is 41.7 Å². The zero-order chi connectivity index (χ0) is 18.1. The number of carbonyl (C=O) groups excluding carboxylic acids is 3. The molecule has 4 amide bonds. The van der Waals surface area contributed by atoms with Crippen LogP contribution in [0.2, 0.25) is 0 Å². The number of unbranched alkanes of at least 4 members (excludes halogenated alkanes) is 1. The second kappa shape index (κ2) is 7.41. The van der Waals surface area contributed by atoms with Crippen molar-refractivity contribution >= 4 is 29.6 Å². The Kier molecular flexibility index (Phi) is 5.43. The molecule has 3 rings (SSSR count). The molecule has 3 aliphatic rings. The Bertz CT molecular complexity index is 558. The average molecular weight is 369 g/mol. The summed E-state index contributed by atoms with van der Waals surface area (Å²) in [6, 6.07) is -0.278. The molecular weight excluding hydrogens is 342 g/mol. The largest absolute Gasteiger partial charge is 0.352 e. The van der Waals surface area contributed by atoms with E-state index in [0.29, 0.717) is 6.54 Å². The maximum atomic E-state index is 12.9. The van der Waals surface area contributed by atoms with Crippen molar-refractivity contribution in [3.05, 3.63) is 0 Å². The lowest BCUT2D eigenvalue weighted by atomic mass is 10.1. The second-order valence-electron chi connectivity index (χ2n) is 7.03. The first-order chi connectivity index (χ1) is 11.9. The summed E-state index contributed by atoms with van der Waals surface area (Å²) in [5.41, 5.74) is 3.09. The summed E-state index contributed by atoms with van der Waals surface area (Å²) >= 11 is 1.64. The van der Waals surface area contributed by atoms with Gasteiger partial charge >= 0.3 is 6.03 Å².